The summed E-state index contributed by atoms with van der Waals surface area (Å²) in [5, 5.41) is 23.9. The van der Waals surface area contributed by atoms with E-state index in [1.165, 1.54) is 6.92 Å². The number of aryl methyl sites for hydroxylation is 1. The van der Waals surface area contributed by atoms with Crippen molar-refractivity contribution >= 4 is 23.5 Å². The number of aromatic nitrogens is 3. The highest BCUT2D eigenvalue weighted by Gasteiger charge is 2.58. The number of esters is 1. The van der Waals surface area contributed by atoms with E-state index in [9.17, 15) is 19.5 Å². The number of benzene rings is 1. The number of carbonyl (C=O) groups excluding carboxylic acids is 3. The van der Waals surface area contributed by atoms with Crippen LogP contribution in [0.4, 0.5) is 10.5 Å². The summed E-state index contributed by atoms with van der Waals surface area (Å²) >= 11 is 0. The number of anilines is 1. The van der Waals surface area contributed by atoms with E-state index in [1.807, 2.05) is 91.0 Å². The number of Topliss-reactive ketones (excluding diaryl/α,β-unsaturated/α-hetero) is 1. The fraction of sp³-hybridized carbons (Fsp3) is 0.744. The third kappa shape index (κ3) is 11.0. The van der Waals surface area contributed by atoms with Crippen molar-refractivity contribution in [2.45, 2.75) is 148 Å². The van der Waals surface area contributed by atoms with Gasteiger partial charge in [0, 0.05) is 56.1 Å². The lowest BCUT2D eigenvalue weighted by Gasteiger charge is -2.44. The molecular weight excluding hydrogens is 759 g/mol. The number of ether oxygens (including phenoxy) is 5. The van der Waals surface area contributed by atoms with Gasteiger partial charge in [0.25, 0.3) is 0 Å². The van der Waals surface area contributed by atoms with E-state index in [1.54, 1.807) is 23.6 Å². The maximum atomic E-state index is 14.4. The molecule has 2 saturated heterocycles. The number of methoxy groups -OCH3 is 1. The van der Waals surface area contributed by atoms with Crippen LogP contribution in [0.25, 0.3) is 11.3 Å². The Hall–Kier alpha value is -3.67. The molecule has 3 heterocycles. The van der Waals surface area contributed by atoms with Gasteiger partial charge in [0.05, 0.1) is 23.9 Å². The molecule has 2 aliphatic rings. The van der Waals surface area contributed by atoms with Gasteiger partial charge in [-0.2, -0.15) is 0 Å². The Bertz CT molecular complexity index is 1690. The van der Waals surface area contributed by atoms with Gasteiger partial charge < -0.3 is 44.7 Å². The molecule has 16 nitrogen and oxygen atoms in total. The van der Waals surface area contributed by atoms with Crippen LogP contribution in [-0.2, 0) is 39.8 Å². The molecule has 4 rings (SSSR count). The number of nitrogens with one attached hydrogen (secondary N) is 1. The highest BCUT2D eigenvalue weighted by Crippen LogP contribution is 2.40. The van der Waals surface area contributed by atoms with Crippen LogP contribution in [0, 0.1) is 17.8 Å². The van der Waals surface area contributed by atoms with Crippen LogP contribution < -0.4 is 11.1 Å². The Balaban J connectivity index is 1.65. The molecular formula is C43H71N7O9. The van der Waals surface area contributed by atoms with Gasteiger partial charge in [-0.1, -0.05) is 45.0 Å². The number of nitrogens with two attached hydrogens (primary N) is 1. The molecule has 2 aromatic rings. The van der Waals surface area contributed by atoms with Crippen LogP contribution in [0.5, 0.6) is 0 Å². The second-order valence-electron chi connectivity index (χ2n) is 17.1. The molecule has 0 spiro atoms. The highest BCUT2D eigenvalue weighted by atomic mass is 16.7. The average molecular weight is 830 g/mol. The molecule has 2 aliphatic heterocycles. The summed E-state index contributed by atoms with van der Waals surface area (Å²) in [4.78, 5) is 45.9. The topological polar surface area (TPSA) is 193 Å². The lowest BCUT2D eigenvalue weighted by atomic mass is 9.78. The molecule has 1 aromatic heterocycles. The molecule has 332 valence electrons. The first-order chi connectivity index (χ1) is 27.8. The van der Waals surface area contributed by atoms with E-state index in [0.29, 0.717) is 56.7 Å². The fourth-order valence-electron chi connectivity index (χ4n) is 9.12. The largest absolute Gasteiger partial charge is 0.458 e. The van der Waals surface area contributed by atoms with Gasteiger partial charge in [-0.05, 0) is 99.0 Å². The molecule has 2 unspecified atom stereocenters. The average Bonchev–Trinajstić information content (AvgIpc) is 3.77. The number of hydrogen-bond donors (Lipinski definition) is 3. The maximum Gasteiger partial charge on any atom is 0.410 e. The van der Waals surface area contributed by atoms with Gasteiger partial charge in [0.1, 0.15) is 23.8 Å². The molecule has 1 amide bonds. The molecule has 1 aromatic carbocycles. The predicted molar refractivity (Wildman–Crippen MR) is 224 cm³/mol. The van der Waals surface area contributed by atoms with Crippen molar-refractivity contribution in [2.24, 2.45) is 17.8 Å². The van der Waals surface area contributed by atoms with Crippen molar-refractivity contribution in [3.05, 3.63) is 30.5 Å². The van der Waals surface area contributed by atoms with Gasteiger partial charge in [0.2, 0.25) is 0 Å². The molecule has 0 saturated carbocycles. The SMILES string of the molecule is CCO[C@@H](O[C@@H]1[C@@H](C)C(=O)[C@@H](C)C(=O)O[C@H](CC)[C@@]2(C)OC(=O)N(CCCn3cc(-c4cccc(N)c4)nn3)[C@@H]2[C@@H](C)NC[C@H](C)C[C@@]1(C)OC)C(O)C(CC)N(C)C. The molecule has 16 heteroatoms. The number of cyclic esters (lactones) is 1. The van der Waals surface area contributed by atoms with Crippen LogP contribution in [0.2, 0.25) is 0 Å². The zero-order valence-corrected chi connectivity index (χ0v) is 37.3. The van der Waals surface area contributed by atoms with Crippen LogP contribution in [-0.4, -0.2) is 143 Å². The van der Waals surface area contributed by atoms with Crippen LogP contribution in [0.3, 0.4) is 0 Å². The molecule has 0 aliphatic carbocycles. The first-order valence-electron chi connectivity index (χ1n) is 21.2. The van der Waals surface area contributed by atoms with E-state index in [-0.39, 0.29) is 24.6 Å². The van der Waals surface area contributed by atoms with Gasteiger partial charge in [0.15, 0.2) is 17.7 Å². The molecule has 59 heavy (non-hydrogen) atoms. The summed E-state index contributed by atoms with van der Waals surface area (Å²) in [5.41, 5.74) is 5.84. The first kappa shape index (κ1) is 48.0. The quantitative estimate of drug-likeness (QED) is 0.0982. The van der Waals surface area contributed by atoms with E-state index >= 15 is 0 Å². The number of hydrogen-bond acceptors (Lipinski definition) is 14. The van der Waals surface area contributed by atoms with E-state index in [0.717, 1.165) is 5.56 Å². The minimum Gasteiger partial charge on any atom is -0.458 e. The summed E-state index contributed by atoms with van der Waals surface area (Å²) in [6, 6.07) is 6.29. The normalized spacial score (nSPS) is 31.5. The summed E-state index contributed by atoms with van der Waals surface area (Å²) in [7, 11) is 5.35. The second kappa shape index (κ2) is 20.7. The number of aliphatic hydroxyl groups is 1. The zero-order valence-electron chi connectivity index (χ0n) is 37.3. The summed E-state index contributed by atoms with van der Waals surface area (Å²) in [6.07, 6.45) is -0.634. The Morgan fingerprint density at radius 3 is 2.42 bits per heavy atom. The summed E-state index contributed by atoms with van der Waals surface area (Å²) in [5.74, 6) is -3.24. The zero-order chi connectivity index (χ0) is 43.8. The number of aliphatic hydroxyl groups excluding tert-OH is 1. The Kier molecular flexibility index (Phi) is 16.9. The lowest BCUT2D eigenvalue weighted by Crippen LogP contribution is -2.61. The predicted octanol–water partition coefficient (Wildman–Crippen LogP) is 4.53. The minimum atomic E-state index is -1.25. The van der Waals surface area contributed by atoms with Crippen molar-refractivity contribution in [3.63, 3.8) is 0 Å². The van der Waals surface area contributed by atoms with Crippen molar-refractivity contribution in [3.8, 4) is 11.3 Å². The molecule has 0 bridgehead atoms. The van der Waals surface area contributed by atoms with Crippen LogP contribution in [0.1, 0.15) is 88.0 Å². The van der Waals surface area contributed by atoms with Crippen molar-refractivity contribution < 1.29 is 43.2 Å². The Labute approximate surface area is 350 Å². The Morgan fingerprint density at radius 1 is 1.10 bits per heavy atom. The number of rotatable bonds is 15. The first-order valence-corrected chi connectivity index (χ1v) is 21.2. The van der Waals surface area contributed by atoms with Crippen molar-refractivity contribution in [1.29, 1.82) is 0 Å². The summed E-state index contributed by atoms with van der Waals surface area (Å²) in [6.45, 7) is 18.3. The van der Waals surface area contributed by atoms with Crippen molar-refractivity contribution in [2.75, 3.05) is 46.6 Å². The van der Waals surface area contributed by atoms with Gasteiger partial charge in [-0.25, -0.2) is 4.79 Å². The smallest absolute Gasteiger partial charge is 0.410 e. The summed E-state index contributed by atoms with van der Waals surface area (Å²) < 4.78 is 33.1. The number of amides is 1. The third-order valence-electron chi connectivity index (χ3n) is 12.4. The van der Waals surface area contributed by atoms with Gasteiger partial charge in [-0.3, -0.25) is 19.2 Å². The number of ketones is 1. The monoisotopic (exact) mass is 830 g/mol. The standard InChI is InChI=1S/C43H71N7O9/c1-13-33(48(10)11)36(52)40(56-15-3)58-38-27(5)35(51)28(6)39(53)57-34(14-2)43(9)37(29(7)45-24-26(4)23-42(38,8)55-12)50(41(54)59-43)21-17-20-49-25-32(46-47-49)30-18-16-19-31(44)22-30/h16,18-19,22,25-29,33-34,36-38,40,45,52H,13-15,17,20-21,23-24,44H2,1-12H3/t26-,27+,28-,29-,33?,34-,36?,37-,38-,40+,42-,43-/m1/s1. The number of carbonyl (C=O) groups is 3. The number of nitrogen functional groups attached to an aromatic ring is 1. The maximum absolute atomic E-state index is 14.4. The van der Waals surface area contributed by atoms with E-state index in [4.69, 9.17) is 29.4 Å². The number of likely N-dealkylation sites (N-methyl/N-ethyl adjacent to an activating group) is 1. The Morgan fingerprint density at radius 2 is 1.81 bits per heavy atom. The minimum absolute atomic E-state index is 0.0296. The fourth-order valence-corrected chi connectivity index (χ4v) is 9.12. The van der Waals surface area contributed by atoms with Gasteiger partial charge >= 0.3 is 12.1 Å². The second-order valence-corrected chi connectivity index (χ2v) is 17.1. The molecule has 4 N–H and O–H groups in total. The third-order valence-corrected chi connectivity index (χ3v) is 12.4. The number of nitrogens with zero attached hydrogens (tertiary/aromatic N) is 5. The van der Waals surface area contributed by atoms with E-state index in [2.05, 4.69) is 22.6 Å². The molecule has 12 atom stereocenters. The highest BCUT2D eigenvalue weighted by molar-refractivity contribution is 6.00. The van der Waals surface area contributed by atoms with Gasteiger partial charge in [-0.15, -0.1) is 5.10 Å². The number of fused-ring (bicyclic) bond motifs is 1. The van der Waals surface area contributed by atoms with E-state index < -0.39 is 71.5 Å². The van der Waals surface area contributed by atoms with Crippen molar-refractivity contribution in [1.82, 2.24) is 30.1 Å². The lowest BCUT2D eigenvalue weighted by molar-refractivity contribution is -0.265. The molecule has 2 fully saturated rings. The van der Waals surface area contributed by atoms with Crippen LogP contribution in [0.15, 0.2) is 30.5 Å². The van der Waals surface area contributed by atoms with Crippen LogP contribution >= 0.6 is 0 Å². The molecule has 0 radical (unpaired) electrons.